The summed E-state index contributed by atoms with van der Waals surface area (Å²) in [6.45, 7) is 13.5. The van der Waals surface area contributed by atoms with E-state index >= 15 is 0 Å². The zero-order chi connectivity index (χ0) is 9.02. The van der Waals surface area contributed by atoms with E-state index < -0.39 is 0 Å². The monoisotopic (exact) mass is 193 g/mol. The van der Waals surface area contributed by atoms with Gasteiger partial charge >= 0.3 is 0 Å². The molecule has 0 bridgehead atoms. The van der Waals surface area contributed by atoms with Gasteiger partial charge in [0.2, 0.25) is 0 Å². The van der Waals surface area contributed by atoms with E-state index in [4.69, 9.17) is 0 Å². The first kappa shape index (κ1) is 14.8. The molecule has 2 atom stereocenters. The van der Waals surface area contributed by atoms with Crippen molar-refractivity contribution in [1.82, 2.24) is 5.32 Å². The van der Waals surface area contributed by atoms with E-state index in [9.17, 15) is 0 Å². The molecule has 0 spiro atoms. The molecule has 0 saturated heterocycles. The zero-order valence-electron chi connectivity index (χ0n) is 9.22. The number of halogens is 1. The van der Waals surface area contributed by atoms with Crippen LogP contribution >= 0.6 is 12.4 Å². The fourth-order valence-corrected chi connectivity index (χ4v) is 0.800. The Kier molecular flexibility index (Phi) is 8.28. The molecule has 0 amide bonds. The lowest BCUT2D eigenvalue weighted by Gasteiger charge is -2.25. The summed E-state index contributed by atoms with van der Waals surface area (Å²) < 4.78 is 0. The summed E-state index contributed by atoms with van der Waals surface area (Å²) >= 11 is 0. The highest BCUT2D eigenvalue weighted by molar-refractivity contribution is 5.85. The van der Waals surface area contributed by atoms with Crippen LogP contribution in [0.5, 0.6) is 0 Å². The summed E-state index contributed by atoms with van der Waals surface area (Å²) in [5.74, 6) is 1.47. The van der Waals surface area contributed by atoms with Gasteiger partial charge in [0.1, 0.15) is 0 Å². The van der Waals surface area contributed by atoms with Crippen LogP contribution in [0.25, 0.3) is 0 Å². The maximum Gasteiger partial charge on any atom is 0.00643 e. The van der Waals surface area contributed by atoms with Gasteiger partial charge in [0.05, 0.1) is 0 Å². The fraction of sp³-hybridized carbons (Fsp3) is 1.00. The lowest BCUT2D eigenvalue weighted by molar-refractivity contribution is 0.335. The van der Waals surface area contributed by atoms with Crippen LogP contribution in [-0.4, -0.2) is 12.1 Å². The Hall–Kier alpha value is 0.250. The van der Waals surface area contributed by atoms with Crippen molar-refractivity contribution in [3.05, 3.63) is 0 Å². The van der Waals surface area contributed by atoms with Gasteiger partial charge in [-0.1, -0.05) is 27.7 Å². The minimum atomic E-state index is 0. The lowest BCUT2D eigenvalue weighted by atomic mass is 10.0. The van der Waals surface area contributed by atoms with Crippen LogP contribution in [0.15, 0.2) is 0 Å². The fourth-order valence-electron chi connectivity index (χ4n) is 0.800. The molecule has 0 aromatic heterocycles. The third-order valence-corrected chi connectivity index (χ3v) is 2.53. The van der Waals surface area contributed by atoms with Crippen molar-refractivity contribution >= 4 is 12.4 Å². The maximum absolute atomic E-state index is 3.58. The van der Waals surface area contributed by atoms with Gasteiger partial charge in [-0.15, -0.1) is 12.4 Å². The van der Waals surface area contributed by atoms with Crippen molar-refractivity contribution in [3.8, 4) is 0 Å². The van der Waals surface area contributed by atoms with E-state index in [2.05, 4.69) is 46.9 Å². The maximum atomic E-state index is 3.58. The Labute approximate surface area is 83.7 Å². The second-order valence-corrected chi connectivity index (χ2v) is 4.23. The van der Waals surface area contributed by atoms with Crippen LogP contribution in [-0.2, 0) is 0 Å². The molecule has 0 fully saturated rings. The van der Waals surface area contributed by atoms with Crippen LogP contribution in [0.2, 0.25) is 0 Å². The number of rotatable bonds is 4. The Morgan fingerprint density at radius 3 is 1.08 bits per heavy atom. The predicted molar refractivity (Wildman–Crippen MR) is 59.0 cm³/mol. The van der Waals surface area contributed by atoms with Crippen molar-refractivity contribution in [2.75, 3.05) is 0 Å². The molecular weight excluding hydrogens is 170 g/mol. The quantitative estimate of drug-likeness (QED) is 0.724. The van der Waals surface area contributed by atoms with Gasteiger partial charge < -0.3 is 5.32 Å². The van der Waals surface area contributed by atoms with E-state index in [1.165, 1.54) is 0 Å². The summed E-state index contributed by atoms with van der Waals surface area (Å²) in [6, 6.07) is 1.26. The highest BCUT2D eigenvalue weighted by atomic mass is 35.5. The normalized spacial score (nSPS) is 16.0. The molecule has 0 aliphatic carbocycles. The van der Waals surface area contributed by atoms with Crippen molar-refractivity contribution in [2.45, 2.75) is 53.6 Å². The minimum Gasteiger partial charge on any atom is -0.311 e. The Morgan fingerprint density at radius 2 is 0.917 bits per heavy atom. The molecule has 1 nitrogen and oxygen atoms in total. The summed E-state index contributed by atoms with van der Waals surface area (Å²) in [5, 5.41) is 3.58. The smallest absolute Gasteiger partial charge is 0.00643 e. The Balaban J connectivity index is 0. The van der Waals surface area contributed by atoms with Crippen molar-refractivity contribution in [3.63, 3.8) is 0 Å². The van der Waals surface area contributed by atoms with Crippen molar-refractivity contribution < 1.29 is 0 Å². The highest BCUT2D eigenvalue weighted by Gasteiger charge is 2.12. The molecule has 2 heteroatoms. The first-order chi connectivity index (χ1) is 4.95. The van der Waals surface area contributed by atoms with Crippen molar-refractivity contribution in [2.24, 2.45) is 11.8 Å². The molecule has 0 aromatic carbocycles. The van der Waals surface area contributed by atoms with Crippen LogP contribution in [0.1, 0.15) is 41.5 Å². The Bertz CT molecular complexity index is 90.0. The average molecular weight is 194 g/mol. The predicted octanol–water partition coefficient (Wildman–Crippen LogP) is 3.09. The van der Waals surface area contributed by atoms with E-state index in [0.29, 0.717) is 12.1 Å². The number of hydrogen-bond donors (Lipinski definition) is 1. The average Bonchev–Trinajstić information content (AvgIpc) is 1.87. The zero-order valence-corrected chi connectivity index (χ0v) is 10.0. The van der Waals surface area contributed by atoms with Gasteiger partial charge in [-0.25, -0.2) is 0 Å². The van der Waals surface area contributed by atoms with Crippen LogP contribution < -0.4 is 5.32 Å². The van der Waals surface area contributed by atoms with E-state index in [1.54, 1.807) is 0 Å². The van der Waals surface area contributed by atoms with Gasteiger partial charge in [-0.3, -0.25) is 0 Å². The van der Waals surface area contributed by atoms with Crippen LogP contribution in [0.4, 0.5) is 0 Å². The topological polar surface area (TPSA) is 12.0 Å². The molecule has 2 unspecified atom stereocenters. The molecule has 0 saturated carbocycles. The summed E-state index contributed by atoms with van der Waals surface area (Å²) in [7, 11) is 0. The molecule has 0 rings (SSSR count). The molecule has 12 heavy (non-hydrogen) atoms. The van der Waals surface area contributed by atoms with Crippen molar-refractivity contribution in [1.29, 1.82) is 0 Å². The van der Waals surface area contributed by atoms with Gasteiger partial charge in [-0.05, 0) is 25.7 Å². The second kappa shape index (κ2) is 6.73. The minimum absolute atomic E-state index is 0. The van der Waals surface area contributed by atoms with Gasteiger partial charge in [0.25, 0.3) is 0 Å². The molecule has 0 heterocycles. The Morgan fingerprint density at radius 1 is 0.667 bits per heavy atom. The van der Waals surface area contributed by atoms with Gasteiger partial charge in [0, 0.05) is 12.1 Å². The van der Waals surface area contributed by atoms with Gasteiger partial charge in [-0.2, -0.15) is 0 Å². The molecule has 1 N–H and O–H groups in total. The van der Waals surface area contributed by atoms with Gasteiger partial charge in [0.15, 0.2) is 0 Å². The second-order valence-electron chi connectivity index (χ2n) is 4.23. The largest absolute Gasteiger partial charge is 0.311 e. The van der Waals surface area contributed by atoms with Crippen LogP contribution in [0, 0.1) is 11.8 Å². The summed E-state index contributed by atoms with van der Waals surface area (Å²) in [4.78, 5) is 0. The SMILES string of the molecule is CC(C)C(C)NC(C)C(C)C.Cl. The number of nitrogens with one attached hydrogen (secondary N) is 1. The van der Waals surface area contributed by atoms with E-state index in [1.807, 2.05) is 0 Å². The standard InChI is InChI=1S/C10H23N.ClH/c1-7(2)9(5)11-10(6)8(3)4;/h7-11H,1-6H3;1H. The molecule has 76 valence electrons. The molecule has 0 aliphatic rings. The molecule has 0 radical (unpaired) electrons. The summed E-state index contributed by atoms with van der Waals surface area (Å²) in [6.07, 6.45) is 0. The third kappa shape index (κ3) is 5.84. The summed E-state index contributed by atoms with van der Waals surface area (Å²) in [5.41, 5.74) is 0. The third-order valence-electron chi connectivity index (χ3n) is 2.53. The van der Waals surface area contributed by atoms with E-state index in [0.717, 1.165) is 11.8 Å². The first-order valence-corrected chi connectivity index (χ1v) is 4.71. The highest BCUT2D eigenvalue weighted by Crippen LogP contribution is 2.05. The molecular formula is C10H24ClN. The molecule has 0 aromatic rings. The van der Waals surface area contributed by atoms with Crippen LogP contribution in [0.3, 0.4) is 0 Å². The first-order valence-electron chi connectivity index (χ1n) is 4.71. The lowest BCUT2D eigenvalue weighted by Crippen LogP contribution is -2.40. The number of hydrogen-bond acceptors (Lipinski definition) is 1. The molecule has 0 aliphatic heterocycles. The van der Waals surface area contributed by atoms with E-state index in [-0.39, 0.29) is 12.4 Å².